The lowest BCUT2D eigenvalue weighted by atomic mass is 10.1. The number of aromatic amines is 1. The van der Waals surface area contributed by atoms with Crippen molar-refractivity contribution in [3.63, 3.8) is 0 Å². The Labute approximate surface area is 172 Å². The van der Waals surface area contributed by atoms with E-state index in [1.165, 1.54) is 7.11 Å². The van der Waals surface area contributed by atoms with Gasteiger partial charge in [-0.25, -0.2) is 9.78 Å². The number of hydrogen-bond acceptors (Lipinski definition) is 7. The van der Waals surface area contributed by atoms with Gasteiger partial charge in [0.25, 0.3) is 11.5 Å². The van der Waals surface area contributed by atoms with Gasteiger partial charge in [-0.2, -0.15) is 0 Å². The molecule has 3 aromatic rings. The second kappa shape index (κ2) is 8.11. The Morgan fingerprint density at radius 2 is 1.93 bits per heavy atom. The Hall–Kier alpha value is -3.46. The number of esters is 1. The van der Waals surface area contributed by atoms with E-state index >= 15 is 0 Å². The van der Waals surface area contributed by atoms with E-state index in [-0.39, 0.29) is 11.5 Å². The van der Waals surface area contributed by atoms with Crippen LogP contribution in [0, 0.1) is 6.92 Å². The summed E-state index contributed by atoms with van der Waals surface area (Å²) in [6.45, 7) is 4.66. The molecule has 1 fully saturated rings. The Balaban J connectivity index is 1.45. The molecule has 9 heteroatoms. The fourth-order valence-corrected chi connectivity index (χ4v) is 3.53. The molecule has 2 aromatic heterocycles. The molecule has 1 amide bonds. The van der Waals surface area contributed by atoms with Crippen LogP contribution in [-0.2, 0) is 11.3 Å². The van der Waals surface area contributed by atoms with Crippen LogP contribution >= 0.6 is 0 Å². The first-order chi connectivity index (χ1) is 14.4. The Morgan fingerprint density at radius 3 is 2.60 bits per heavy atom. The quantitative estimate of drug-likeness (QED) is 0.650. The van der Waals surface area contributed by atoms with Crippen LogP contribution in [0.5, 0.6) is 0 Å². The molecule has 4 rings (SSSR count). The number of amides is 1. The van der Waals surface area contributed by atoms with Gasteiger partial charge in [0.1, 0.15) is 11.6 Å². The van der Waals surface area contributed by atoms with E-state index < -0.39 is 5.97 Å². The molecule has 9 nitrogen and oxygen atoms in total. The van der Waals surface area contributed by atoms with Crippen LogP contribution in [-0.4, -0.2) is 64.9 Å². The van der Waals surface area contributed by atoms with Gasteiger partial charge >= 0.3 is 5.97 Å². The lowest BCUT2D eigenvalue weighted by molar-refractivity contribution is 0.0588. The van der Waals surface area contributed by atoms with Crippen molar-refractivity contribution in [1.82, 2.24) is 19.8 Å². The number of H-pyrrole nitrogens is 1. The van der Waals surface area contributed by atoms with Crippen LogP contribution in [0.3, 0.4) is 0 Å². The molecule has 0 bridgehead atoms. The first kappa shape index (κ1) is 19.8. The number of piperazine rings is 1. The lowest BCUT2D eigenvalue weighted by Crippen LogP contribution is -2.48. The molecule has 1 aromatic carbocycles. The third kappa shape index (κ3) is 3.97. The van der Waals surface area contributed by atoms with Crippen LogP contribution in [0.4, 0.5) is 0 Å². The molecular formula is C21H22N4O5. The first-order valence-corrected chi connectivity index (χ1v) is 9.64. The maximum Gasteiger partial charge on any atom is 0.337 e. The summed E-state index contributed by atoms with van der Waals surface area (Å²) in [7, 11) is 1.31. The van der Waals surface area contributed by atoms with Crippen LogP contribution in [0.1, 0.15) is 32.5 Å². The zero-order chi connectivity index (χ0) is 21.3. The monoisotopic (exact) mass is 410 g/mol. The van der Waals surface area contributed by atoms with Crippen molar-refractivity contribution in [1.29, 1.82) is 0 Å². The molecule has 0 radical (unpaired) electrons. The third-order valence-corrected chi connectivity index (χ3v) is 5.16. The molecule has 0 atom stereocenters. The number of aromatic nitrogens is 2. The normalized spacial score (nSPS) is 14.8. The fraction of sp³-hybridized carbons (Fsp3) is 0.333. The molecule has 1 aliphatic rings. The fourth-order valence-electron chi connectivity index (χ4n) is 3.53. The predicted octanol–water partition coefficient (Wildman–Crippen LogP) is 1.57. The first-order valence-electron chi connectivity index (χ1n) is 9.64. The molecule has 0 spiro atoms. The summed E-state index contributed by atoms with van der Waals surface area (Å²) in [6, 6.07) is 8.13. The van der Waals surface area contributed by atoms with Gasteiger partial charge in [0.15, 0.2) is 5.76 Å². The van der Waals surface area contributed by atoms with Gasteiger partial charge in [-0.1, -0.05) is 0 Å². The summed E-state index contributed by atoms with van der Waals surface area (Å²) >= 11 is 0. The number of carbonyl (C=O) groups excluding carboxylic acids is 2. The molecule has 0 saturated carbocycles. The maximum absolute atomic E-state index is 12.5. The van der Waals surface area contributed by atoms with E-state index in [0.717, 1.165) is 0 Å². The van der Waals surface area contributed by atoms with Gasteiger partial charge in [-0.15, -0.1) is 0 Å². The van der Waals surface area contributed by atoms with E-state index in [0.29, 0.717) is 66.5 Å². The van der Waals surface area contributed by atoms with E-state index in [1.807, 2.05) is 0 Å². The summed E-state index contributed by atoms with van der Waals surface area (Å²) in [4.78, 5) is 47.8. The van der Waals surface area contributed by atoms with Crippen LogP contribution in [0.15, 0.2) is 39.5 Å². The number of nitrogens with one attached hydrogen (secondary N) is 1. The highest BCUT2D eigenvalue weighted by Gasteiger charge is 2.24. The second-order valence-electron chi connectivity index (χ2n) is 7.21. The number of hydrogen-bond donors (Lipinski definition) is 1. The predicted molar refractivity (Wildman–Crippen MR) is 108 cm³/mol. The number of fused-ring (bicyclic) bond motifs is 1. The summed E-state index contributed by atoms with van der Waals surface area (Å²) in [6.07, 6.45) is 0. The molecule has 1 N–H and O–H groups in total. The minimum atomic E-state index is -0.479. The Kier molecular flexibility index (Phi) is 5.37. The largest absolute Gasteiger partial charge is 0.465 e. The summed E-state index contributed by atoms with van der Waals surface area (Å²) in [5.74, 6) is 0.973. The minimum absolute atomic E-state index is 0.115. The van der Waals surface area contributed by atoms with E-state index in [1.54, 1.807) is 42.2 Å². The van der Waals surface area contributed by atoms with Crippen LogP contribution in [0.25, 0.3) is 10.9 Å². The topological polar surface area (TPSA) is 109 Å². The number of methoxy groups -OCH3 is 1. The zero-order valence-corrected chi connectivity index (χ0v) is 16.8. The van der Waals surface area contributed by atoms with Crippen molar-refractivity contribution >= 4 is 22.8 Å². The third-order valence-electron chi connectivity index (χ3n) is 5.16. The standard InChI is InChI=1S/C21H22N4O5/c1-13-3-6-17(30-13)20(27)25-9-7-24(8-10-25)12-18-22-16-11-14(21(28)29-2)4-5-15(16)19(26)23-18/h3-6,11H,7-10,12H2,1-2H3,(H,22,23,26). The van der Waals surface area contributed by atoms with Crippen molar-refractivity contribution in [2.24, 2.45) is 0 Å². The molecule has 156 valence electrons. The highest BCUT2D eigenvalue weighted by molar-refractivity contribution is 5.94. The smallest absolute Gasteiger partial charge is 0.337 e. The summed E-state index contributed by atoms with van der Waals surface area (Å²) < 4.78 is 10.2. The number of carbonyl (C=O) groups is 2. The number of rotatable bonds is 4. The van der Waals surface area contributed by atoms with Crippen molar-refractivity contribution in [3.05, 3.63) is 63.6 Å². The average Bonchev–Trinajstić information content (AvgIpc) is 3.19. The molecule has 1 aliphatic heterocycles. The Bertz CT molecular complexity index is 1160. The minimum Gasteiger partial charge on any atom is -0.465 e. The van der Waals surface area contributed by atoms with E-state index in [2.05, 4.69) is 14.9 Å². The highest BCUT2D eigenvalue weighted by atomic mass is 16.5. The van der Waals surface area contributed by atoms with Crippen molar-refractivity contribution in [2.75, 3.05) is 33.3 Å². The van der Waals surface area contributed by atoms with Crippen molar-refractivity contribution in [3.8, 4) is 0 Å². The molecule has 0 unspecified atom stereocenters. The second-order valence-corrected chi connectivity index (χ2v) is 7.21. The molecule has 1 saturated heterocycles. The maximum atomic E-state index is 12.5. The number of aryl methyl sites for hydroxylation is 1. The van der Waals surface area contributed by atoms with Crippen LogP contribution in [0.2, 0.25) is 0 Å². The molecule has 30 heavy (non-hydrogen) atoms. The van der Waals surface area contributed by atoms with Crippen molar-refractivity contribution < 1.29 is 18.7 Å². The zero-order valence-electron chi connectivity index (χ0n) is 16.8. The van der Waals surface area contributed by atoms with Crippen molar-refractivity contribution in [2.45, 2.75) is 13.5 Å². The number of benzene rings is 1. The molecular weight excluding hydrogens is 388 g/mol. The van der Waals surface area contributed by atoms with Gasteiger partial charge in [0, 0.05) is 26.2 Å². The van der Waals surface area contributed by atoms with Gasteiger partial charge in [0.05, 0.1) is 30.1 Å². The van der Waals surface area contributed by atoms with Gasteiger partial charge in [0.2, 0.25) is 0 Å². The number of nitrogens with zero attached hydrogens (tertiary/aromatic N) is 3. The lowest BCUT2D eigenvalue weighted by Gasteiger charge is -2.33. The van der Waals surface area contributed by atoms with Gasteiger partial charge < -0.3 is 19.0 Å². The highest BCUT2D eigenvalue weighted by Crippen LogP contribution is 2.15. The number of ether oxygens (including phenoxy) is 1. The SMILES string of the molecule is COC(=O)c1ccc2c(=O)[nH]c(CN3CCN(C(=O)c4ccc(C)o4)CC3)nc2c1. The molecule has 3 heterocycles. The van der Waals surface area contributed by atoms with Crippen LogP contribution < -0.4 is 5.56 Å². The average molecular weight is 410 g/mol. The molecule has 0 aliphatic carbocycles. The van der Waals surface area contributed by atoms with Gasteiger partial charge in [-0.3, -0.25) is 14.5 Å². The van der Waals surface area contributed by atoms with E-state index in [4.69, 9.17) is 9.15 Å². The summed E-state index contributed by atoms with van der Waals surface area (Å²) in [5.41, 5.74) is 0.529. The van der Waals surface area contributed by atoms with E-state index in [9.17, 15) is 14.4 Å². The number of furan rings is 1. The Morgan fingerprint density at radius 1 is 1.17 bits per heavy atom. The van der Waals surface area contributed by atoms with Gasteiger partial charge in [-0.05, 0) is 37.3 Å². The summed E-state index contributed by atoms with van der Waals surface area (Å²) in [5, 5.41) is 0.413.